The molecule has 0 fully saturated rings. The van der Waals surface area contributed by atoms with Crippen LogP contribution in [0.25, 0.3) is 11.0 Å². The van der Waals surface area contributed by atoms with E-state index >= 15 is 0 Å². The van der Waals surface area contributed by atoms with Crippen molar-refractivity contribution in [2.75, 3.05) is 12.1 Å². The standard InChI is InChI=1S/C13H8N4O5/c18-17(19)9-3-2-8(12-13(9)16-22-15-12)14-7-1-4-10-11(5-7)21-6-20-10/h1-5,14H,6H2. The van der Waals surface area contributed by atoms with E-state index in [0.29, 0.717) is 17.2 Å². The Hall–Kier alpha value is -3.36. The second-order valence-electron chi connectivity index (χ2n) is 4.54. The fraction of sp³-hybridized carbons (Fsp3) is 0.0769. The topological polar surface area (TPSA) is 113 Å². The van der Waals surface area contributed by atoms with E-state index in [9.17, 15) is 10.1 Å². The van der Waals surface area contributed by atoms with Gasteiger partial charge in [0.25, 0.3) is 0 Å². The fourth-order valence-electron chi connectivity index (χ4n) is 2.23. The van der Waals surface area contributed by atoms with Gasteiger partial charge in [0.1, 0.15) is 0 Å². The molecule has 0 atom stereocenters. The van der Waals surface area contributed by atoms with Crippen molar-refractivity contribution < 1.29 is 19.0 Å². The van der Waals surface area contributed by atoms with Gasteiger partial charge < -0.3 is 14.8 Å². The van der Waals surface area contributed by atoms with Crippen LogP contribution in [0.5, 0.6) is 11.5 Å². The smallest absolute Gasteiger partial charge is 0.300 e. The summed E-state index contributed by atoms with van der Waals surface area (Å²) in [5, 5.41) is 21.4. The molecule has 1 aromatic heterocycles. The van der Waals surface area contributed by atoms with Gasteiger partial charge in [0.2, 0.25) is 12.3 Å². The number of rotatable bonds is 3. The highest BCUT2D eigenvalue weighted by molar-refractivity contribution is 5.94. The van der Waals surface area contributed by atoms with Crippen LogP contribution in [-0.4, -0.2) is 22.0 Å². The van der Waals surface area contributed by atoms with Gasteiger partial charge in [-0.3, -0.25) is 10.1 Å². The summed E-state index contributed by atoms with van der Waals surface area (Å²) in [5.41, 5.74) is 1.48. The molecule has 3 aromatic rings. The quantitative estimate of drug-likeness (QED) is 0.580. The molecule has 110 valence electrons. The van der Waals surface area contributed by atoms with Crippen molar-refractivity contribution in [3.8, 4) is 11.5 Å². The van der Waals surface area contributed by atoms with E-state index in [-0.39, 0.29) is 23.5 Å². The maximum atomic E-state index is 11.0. The van der Waals surface area contributed by atoms with Crippen LogP contribution in [0.4, 0.5) is 17.1 Å². The van der Waals surface area contributed by atoms with Gasteiger partial charge in [0.15, 0.2) is 17.0 Å². The first-order valence-electron chi connectivity index (χ1n) is 6.29. The number of aromatic nitrogens is 2. The van der Waals surface area contributed by atoms with E-state index in [1.165, 1.54) is 6.07 Å². The van der Waals surface area contributed by atoms with Crippen LogP contribution >= 0.6 is 0 Å². The summed E-state index contributed by atoms with van der Waals surface area (Å²) in [7, 11) is 0. The van der Waals surface area contributed by atoms with Crippen LogP contribution < -0.4 is 14.8 Å². The third kappa shape index (κ3) is 1.87. The highest BCUT2D eigenvalue weighted by Gasteiger charge is 2.20. The second-order valence-corrected chi connectivity index (χ2v) is 4.54. The van der Waals surface area contributed by atoms with E-state index in [4.69, 9.17) is 9.47 Å². The number of nitro groups is 1. The first-order valence-corrected chi connectivity index (χ1v) is 6.29. The summed E-state index contributed by atoms with van der Waals surface area (Å²) in [6.45, 7) is 0.188. The first-order chi connectivity index (χ1) is 10.7. The number of nitrogens with one attached hydrogen (secondary N) is 1. The lowest BCUT2D eigenvalue weighted by atomic mass is 10.2. The monoisotopic (exact) mass is 300 g/mol. The molecule has 0 bridgehead atoms. The number of benzene rings is 2. The third-order valence-corrected chi connectivity index (χ3v) is 3.24. The third-order valence-electron chi connectivity index (χ3n) is 3.24. The normalized spacial score (nSPS) is 12.5. The molecule has 0 spiro atoms. The zero-order chi connectivity index (χ0) is 15.1. The van der Waals surface area contributed by atoms with Crippen LogP contribution in [-0.2, 0) is 0 Å². The highest BCUT2D eigenvalue weighted by Crippen LogP contribution is 2.36. The van der Waals surface area contributed by atoms with E-state index in [1.807, 2.05) is 0 Å². The number of non-ortho nitro benzene ring substituents is 1. The maximum absolute atomic E-state index is 11.0. The molecule has 1 N–H and O–H groups in total. The number of nitro benzene ring substituents is 1. The van der Waals surface area contributed by atoms with Crippen molar-refractivity contribution >= 4 is 28.1 Å². The Kier molecular flexibility index (Phi) is 2.58. The van der Waals surface area contributed by atoms with Crippen LogP contribution in [0.3, 0.4) is 0 Å². The van der Waals surface area contributed by atoms with E-state index in [2.05, 4.69) is 20.3 Å². The molecule has 0 saturated heterocycles. The molecule has 0 aliphatic carbocycles. The summed E-state index contributed by atoms with van der Waals surface area (Å²) in [6, 6.07) is 8.24. The lowest BCUT2D eigenvalue weighted by molar-refractivity contribution is -0.383. The van der Waals surface area contributed by atoms with E-state index in [1.54, 1.807) is 24.3 Å². The summed E-state index contributed by atoms with van der Waals surface area (Å²) >= 11 is 0. The Bertz CT molecular complexity index is 891. The van der Waals surface area contributed by atoms with Crippen LogP contribution in [0.1, 0.15) is 0 Å². The van der Waals surface area contributed by atoms with Crippen LogP contribution in [0.15, 0.2) is 35.0 Å². The number of hydrogen-bond donors (Lipinski definition) is 1. The van der Waals surface area contributed by atoms with Gasteiger partial charge in [0, 0.05) is 17.8 Å². The molecule has 1 aliphatic rings. The molecular formula is C13H8N4O5. The van der Waals surface area contributed by atoms with Crippen LogP contribution in [0.2, 0.25) is 0 Å². The summed E-state index contributed by atoms with van der Waals surface area (Å²) in [4.78, 5) is 10.4. The molecular weight excluding hydrogens is 292 g/mol. The summed E-state index contributed by atoms with van der Waals surface area (Å²) < 4.78 is 15.2. The maximum Gasteiger partial charge on any atom is 0.300 e. The average Bonchev–Trinajstić information content (AvgIpc) is 3.15. The van der Waals surface area contributed by atoms with Gasteiger partial charge >= 0.3 is 5.69 Å². The number of anilines is 2. The fourth-order valence-corrected chi connectivity index (χ4v) is 2.23. The Morgan fingerprint density at radius 2 is 1.91 bits per heavy atom. The van der Waals surface area contributed by atoms with Crippen molar-refractivity contribution in [3.05, 3.63) is 40.4 Å². The van der Waals surface area contributed by atoms with Gasteiger partial charge in [-0.1, -0.05) is 0 Å². The van der Waals surface area contributed by atoms with E-state index < -0.39 is 4.92 Å². The summed E-state index contributed by atoms with van der Waals surface area (Å²) in [5.74, 6) is 1.30. The average molecular weight is 300 g/mol. The van der Waals surface area contributed by atoms with Gasteiger partial charge in [-0.15, -0.1) is 0 Å². The van der Waals surface area contributed by atoms with Gasteiger partial charge in [-0.05, 0) is 28.5 Å². The second kappa shape index (κ2) is 4.58. The minimum Gasteiger partial charge on any atom is -0.454 e. The van der Waals surface area contributed by atoms with Crippen molar-refractivity contribution in [2.45, 2.75) is 0 Å². The van der Waals surface area contributed by atoms with Crippen molar-refractivity contribution in [3.63, 3.8) is 0 Å². The molecule has 2 heterocycles. The minimum absolute atomic E-state index is 0.0933. The summed E-state index contributed by atoms with van der Waals surface area (Å²) in [6.07, 6.45) is 0. The zero-order valence-electron chi connectivity index (χ0n) is 11.0. The molecule has 22 heavy (non-hydrogen) atoms. The molecule has 0 saturated carbocycles. The van der Waals surface area contributed by atoms with Crippen molar-refractivity contribution in [1.29, 1.82) is 0 Å². The zero-order valence-corrected chi connectivity index (χ0v) is 11.0. The molecule has 0 amide bonds. The Balaban J connectivity index is 1.74. The largest absolute Gasteiger partial charge is 0.454 e. The van der Waals surface area contributed by atoms with Gasteiger partial charge in [-0.25, -0.2) is 4.63 Å². The molecule has 2 aromatic carbocycles. The molecule has 0 radical (unpaired) electrons. The first kappa shape index (κ1) is 12.4. The SMILES string of the molecule is O=[N+]([O-])c1ccc(Nc2ccc3c(c2)OCO3)c2nonc12. The van der Waals surface area contributed by atoms with E-state index in [0.717, 1.165) is 5.69 Å². The van der Waals surface area contributed by atoms with Crippen LogP contribution in [0, 0.1) is 10.1 Å². The molecule has 0 unspecified atom stereocenters. The van der Waals surface area contributed by atoms with Gasteiger partial charge in [-0.2, -0.15) is 0 Å². The lowest BCUT2D eigenvalue weighted by Gasteiger charge is -2.07. The Labute approximate surface area is 122 Å². The predicted octanol–water partition coefficient (Wildman–Crippen LogP) is 2.60. The van der Waals surface area contributed by atoms with Crippen molar-refractivity contribution in [1.82, 2.24) is 10.3 Å². The number of nitrogens with zero attached hydrogens (tertiary/aromatic N) is 3. The number of hydrogen-bond acceptors (Lipinski definition) is 8. The number of fused-ring (bicyclic) bond motifs is 2. The Morgan fingerprint density at radius 3 is 2.77 bits per heavy atom. The molecule has 4 rings (SSSR count). The minimum atomic E-state index is -0.531. The molecule has 9 nitrogen and oxygen atoms in total. The Morgan fingerprint density at radius 1 is 1.09 bits per heavy atom. The van der Waals surface area contributed by atoms with Gasteiger partial charge in [0.05, 0.1) is 10.6 Å². The lowest BCUT2D eigenvalue weighted by Crippen LogP contribution is -1.95. The molecule has 1 aliphatic heterocycles. The number of ether oxygens (including phenoxy) is 2. The molecule has 9 heteroatoms. The highest BCUT2D eigenvalue weighted by atomic mass is 16.7. The predicted molar refractivity (Wildman–Crippen MR) is 74.3 cm³/mol. The van der Waals surface area contributed by atoms with Crippen molar-refractivity contribution in [2.24, 2.45) is 0 Å².